The first-order chi connectivity index (χ1) is 9.74. The lowest BCUT2D eigenvalue weighted by molar-refractivity contribution is 0.0993. The van der Waals surface area contributed by atoms with Gasteiger partial charge in [0.15, 0.2) is 5.78 Å². The van der Waals surface area contributed by atoms with E-state index >= 15 is 0 Å². The molecule has 0 fully saturated rings. The Morgan fingerprint density at radius 2 is 1.85 bits per heavy atom. The summed E-state index contributed by atoms with van der Waals surface area (Å²) < 4.78 is 0. The van der Waals surface area contributed by atoms with Gasteiger partial charge in [0.2, 0.25) is 0 Å². The molecule has 98 valence electrons. The number of fused-ring (bicyclic) bond motifs is 1. The number of pyridine rings is 1. The van der Waals surface area contributed by atoms with E-state index in [4.69, 9.17) is 11.6 Å². The molecule has 0 N–H and O–H groups in total. The number of rotatable bonds is 3. The second-order valence-electron chi connectivity index (χ2n) is 4.63. The number of carbonyl (C=O) groups excluding carboxylic acids is 1. The van der Waals surface area contributed by atoms with Crippen molar-refractivity contribution in [3.63, 3.8) is 0 Å². The zero-order valence-electron chi connectivity index (χ0n) is 10.7. The molecule has 20 heavy (non-hydrogen) atoms. The number of hydrogen-bond acceptors (Lipinski definition) is 2. The Hall–Kier alpha value is -2.19. The molecule has 1 heterocycles. The number of nitrogens with zero attached hydrogens (tertiary/aromatic N) is 1. The van der Waals surface area contributed by atoms with Gasteiger partial charge in [0.25, 0.3) is 0 Å². The number of carbonyl (C=O) groups is 1. The highest BCUT2D eigenvalue weighted by atomic mass is 35.5. The van der Waals surface area contributed by atoms with E-state index in [1.807, 2.05) is 42.5 Å². The van der Waals surface area contributed by atoms with Gasteiger partial charge >= 0.3 is 0 Å². The monoisotopic (exact) mass is 281 g/mol. The van der Waals surface area contributed by atoms with Crippen LogP contribution in [0, 0.1) is 0 Å². The first-order valence-corrected chi connectivity index (χ1v) is 6.72. The zero-order valence-corrected chi connectivity index (χ0v) is 11.5. The third-order valence-electron chi connectivity index (χ3n) is 3.28. The van der Waals surface area contributed by atoms with E-state index in [9.17, 15) is 4.79 Å². The van der Waals surface area contributed by atoms with Crippen LogP contribution in [0.25, 0.3) is 10.8 Å². The molecule has 2 nitrogen and oxygen atoms in total. The molecule has 0 unspecified atom stereocenters. The molecule has 0 saturated heterocycles. The summed E-state index contributed by atoms with van der Waals surface area (Å²) in [5, 5.41) is 2.73. The molecule has 0 amide bonds. The molecule has 1 aromatic heterocycles. The summed E-state index contributed by atoms with van der Waals surface area (Å²) in [4.78, 5) is 16.3. The summed E-state index contributed by atoms with van der Waals surface area (Å²) in [7, 11) is 0. The Morgan fingerprint density at radius 1 is 1.05 bits per heavy atom. The van der Waals surface area contributed by atoms with E-state index in [0.29, 0.717) is 17.0 Å². The van der Waals surface area contributed by atoms with Gasteiger partial charge in [-0.2, -0.15) is 0 Å². The fourth-order valence-electron chi connectivity index (χ4n) is 2.19. The van der Waals surface area contributed by atoms with Gasteiger partial charge in [-0.05, 0) is 28.5 Å². The topological polar surface area (TPSA) is 30.0 Å². The maximum atomic E-state index is 12.3. The quantitative estimate of drug-likeness (QED) is 0.670. The summed E-state index contributed by atoms with van der Waals surface area (Å²) in [6.07, 6.45) is 3.50. The molecular formula is C17H12ClNO. The lowest BCUT2D eigenvalue weighted by atomic mass is 10.0. The maximum absolute atomic E-state index is 12.3. The van der Waals surface area contributed by atoms with Gasteiger partial charge < -0.3 is 0 Å². The van der Waals surface area contributed by atoms with Crippen LogP contribution in [0.1, 0.15) is 15.9 Å². The van der Waals surface area contributed by atoms with Gasteiger partial charge in [0.1, 0.15) is 0 Å². The number of hydrogen-bond donors (Lipinski definition) is 0. The molecule has 0 aliphatic rings. The van der Waals surface area contributed by atoms with Crippen LogP contribution >= 0.6 is 11.6 Å². The number of Topliss-reactive ketones (excluding diaryl/α,β-unsaturated/α-hetero) is 1. The molecule has 2 aromatic carbocycles. The van der Waals surface area contributed by atoms with Crippen LogP contribution in [0.15, 0.2) is 60.9 Å². The van der Waals surface area contributed by atoms with Crippen molar-refractivity contribution in [2.24, 2.45) is 0 Å². The SMILES string of the molecule is O=C(Cc1ccncc1Cl)c1ccc2ccccc2c1. The van der Waals surface area contributed by atoms with Crippen LogP contribution < -0.4 is 0 Å². The largest absolute Gasteiger partial charge is 0.294 e. The van der Waals surface area contributed by atoms with Gasteiger partial charge in [-0.1, -0.05) is 48.0 Å². The van der Waals surface area contributed by atoms with Crippen LogP contribution in [0.4, 0.5) is 0 Å². The average Bonchev–Trinajstić information content (AvgIpc) is 2.49. The van der Waals surface area contributed by atoms with Crippen molar-refractivity contribution in [1.29, 1.82) is 0 Å². The summed E-state index contributed by atoms with van der Waals surface area (Å²) in [5.74, 6) is 0.0591. The summed E-state index contributed by atoms with van der Waals surface area (Å²) >= 11 is 6.04. The predicted molar refractivity (Wildman–Crippen MR) is 81.2 cm³/mol. The highest BCUT2D eigenvalue weighted by Crippen LogP contribution is 2.19. The Bertz CT molecular complexity index is 783. The van der Waals surface area contributed by atoms with Crippen molar-refractivity contribution in [2.75, 3.05) is 0 Å². The normalized spacial score (nSPS) is 10.7. The average molecular weight is 282 g/mol. The van der Waals surface area contributed by atoms with E-state index in [1.165, 1.54) is 0 Å². The number of ketones is 1. The molecule has 3 rings (SSSR count). The van der Waals surface area contributed by atoms with Crippen molar-refractivity contribution >= 4 is 28.2 Å². The fraction of sp³-hybridized carbons (Fsp3) is 0.0588. The lowest BCUT2D eigenvalue weighted by Gasteiger charge is -2.05. The van der Waals surface area contributed by atoms with Crippen molar-refractivity contribution in [3.05, 3.63) is 77.1 Å². The predicted octanol–water partition coefficient (Wildman–Crippen LogP) is 4.31. The van der Waals surface area contributed by atoms with E-state index in [0.717, 1.165) is 16.3 Å². The highest BCUT2D eigenvalue weighted by molar-refractivity contribution is 6.31. The highest BCUT2D eigenvalue weighted by Gasteiger charge is 2.10. The van der Waals surface area contributed by atoms with Gasteiger partial charge in [-0.3, -0.25) is 9.78 Å². The first kappa shape index (κ1) is 12.8. The van der Waals surface area contributed by atoms with E-state index in [-0.39, 0.29) is 5.78 Å². The third kappa shape index (κ3) is 2.56. The van der Waals surface area contributed by atoms with Crippen LogP contribution in [0.5, 0.6) is 0 Å². The standard InChI is InChI=1S/C17H12ClNO/c18-16-11-19-8-7-14(16)10-17(20)15-6-5-12-3-1-2-4-13(12)9-15/h1-9,11H,10H2. The van der Waals surface area contributed by atoms with E-state index in [2.05, 4.69) is 4.98 Å². The maximum Gasteiger partial charge on any atom is 0.167 e. The van der Waals surface area contributed by atoms with E-state index in [1.54, 1.807) is 18.5 Å². The molecule has 0 aliphatic carbocycles. The van der Waals surface area contributed by atoms with Gasteiger partial charge in [-0.25, -0.2) is 0 Å². The minimum Gasteiger partial charge on any atom is -0.294 e. The van der Waals surface area contributed by atoms with Crippen molar-refractivity contribution in [2.45, 2.75) is 6.42 Å². The number of aromatic nitrogens is 1. The van der Waals surface area contributed by atoms with Gasteiger partial charge in [-0.15, -0.1) is 0 Å². The Labute approximate surface area is 122 Å². The summed E-state index contributed by atoms with van der Waals surface area (Å²) in [6.45, 7) is 0. The molecular weight excluding hydrogens is 270 g/mol. The molecule has 0 spiro atoms. The lowest BCUT2D eigenvalue weighted by Crippen LogP contribution is -2.04. The van der Waals surface area contributed by atoms with E-state index < -0.39 is 0 Å². The Kier molecular flexibility index (Phi) is 3.48. The molecule has 0 radical (unpaired) electrons. The third-order valence-corrected chi connectivity index (χ3v) is 3.62. The van der Waals surface area contributed by atoms with Gasteiger partial charge in [0.05, 0.1) is 5.02 Å². The van der Waals surface area contributed by atoms with Crippen LogP contribution in [0.2, 0.25) is 5.02 Å². The fourth-order valence-corrected chi connectivity index (χ4v) is 2.37. The van der Waals surface area contributed by atoms with Crippen molar-refractivity contribution in [1.82, 2.24) is 4.98 Å². The van der Waals surface area contributed by atoms with Crippen LogP contribution in [-0.4, -0.2) is 10.8 Å². The number of benzene rings is 2. The van der Waals surface area contributed by atoms with Crippen molar-refractivity contribution in [3.8, 4) is 0 Å². The molecule has 0 bridgehead atoms. The second-order valence-corrected chi connectivity index (χ2v) is 5.04. The molecule has 3 heteroatoms. The summed E-state index contributed by atoms with van der Waals surface area (Å²) in [6, 6.07) is 15.5. The number of halogens is 1. The molecule has 0 aliphatic heterocycles. The molecule has 0 saturated carbocycles. The zero-order chi connectivity index (χ0) is 13.9. The molecule has 0 atom stereocenters. The smallest absolute Gasteiger partial charge is 0.167 e. The first-order valence-electron chi connectivity index (χ1n) is 6.34. The van der Waals surface area contributed by atoms with Gasteiger partial charge in [0, 0.05) is 24.4 Å². The minimum atomic E-state index is 0.0591. The van der Waals surface area contributed by atoms with Crippen LogP contribution in [-0.2, 0) is 6.42 Å². The Morgan fingerprint density at radius 3 is 2.65 bits per heavy atom. The Balaban J connectivity index is 1.91. The second kappa shape index (κ2) is 5.43. The van der Waals surface area contributed by atoms with Crippen molar-refractivity contribution < 1.29 is 4.79 Å². The summed E-state index contributed by atoms with van der Waals surface area (Å²) in [5.41, 5.74) is 1.51. The molecule has 3 aromatic rings. The van der Waals surface area contributed by atoms with Crippen LogP contribution in [0.3, 0.4) is 0 Å². The minimum absolute atomic E-state index is 0.0591.